The molecule has 0 amide bonds. The van der Waals surface area contributed by atoms with E-state index >= 15 is 0 Å². The summed E-state index contributed by atoms with van der Waals surface area (Å²) in [4.78, 5) is 8.83. The van der Waals surface area contributed by atoms with E-state index in [0.717, 1.165) is 17.9 Å². The Labute approximate surface area is 143 Å². The van der Waals surface area contributed by atoms with Crippen molar-refractivity contribution in [3.05, 3.63) is 47.7 Å². The van der Waals surface area contributed by atoms with Crippen molar-refractivity contribution in [3.63, 3.8) is 0 Å². The van der Waals surface area contributed by atoms with Crippen LogP contribution in [0, 0.1) is 0 Å². The molecule has 6 nitrogen and oxygen atoms in total. The molecule has 3 N–H and O–H groups in total. The van der Waals surface area contributed by atoms with Crippen LogP contribution in [0.15, 0.2) is 39.9 Å². The smallest absolute Gasteiger partial charge is 0.213 e. The third-order valence-corrected chi connectivity index (χ3v) is 3.40. The summed E-state index contributed by atoms with van der Waals surface area (Å²) in [5.74, 6) is 2.45. The van der Waals surface area contributed by atoms with E-state index in [4.69, 9.17) is 4.42 Å². The maximum Gasteiger partial charge on any atom is 0.213 e. The molecule has 1 aromatic heterocycles. The van der Waals surface area contributed by atoms with Crippen LogP contribution in [0.3, 0.4) is 0 Å². The lowest BCUT2D eigenvalue weighted by Gasteiger charge is -2.13. The average molecular weight is 330 g/mol. The molecule has 0 fully saturated rings. The van der Waals surface area contributed by atoms with Crippen LogP contribution in [0.5, 0.6) is 5.75 Å². The van der Waals surface area contributed by atoms with Gasteiger partial charge in [0.2, 0.25) is 5.89 Å². The molecule has 0 unspecified atom stereocenters. The lowest BCUT2D eigenvalue weighted by molar-refractivity contribution is 0.379. The van der Waals surface area contributed by atoms with E-state index in [9.17, 15) is 5.11 Å². The van der Waals surface area contributed by atoms with Crippen LogP contribution >= 0.6 is 0 Å². The van der Waals surface area contributed by atoms with Crippen LogP contribution in [0.25, 0.3) is 0 Å². The molecule has 0 aliphatic heterocycles. The highest BCUT2D eigenvalue weighted by Gasteiger charge is 2.19. The minimum atomic E-state index is -0.0529. The number of aromatic nitrogens is 1. The fraction of sp³-hybridized carbons (Fsp3) is 0.444. The van der Waals surface area contributed by atoms with Crippen LogP contribution < -0.4 is 10.6 Å². The Morgan fingerprint density at radius 2 is 1.92 bits per heavy atom. The van der Waals surface area contributed by atoms with Crippen molar-refractivity contribution in [2.45, 2.75) is 46.2 Å². The Bertz CT molecular complexity index is 669. The van der Waals surface area contributed by atoms with E-state index in [-0.39, 0.29) is 11.2 Å². The predicted octanol–water partition coefficient (Wildman–Crippen LogP) is 2.93. The molecule has 1 aromatic carbocycles. The molecule has 6 heteroatoms. The van der Waals surface area contributed by atoms with E-state index in [1.165, 1.54) is 0 Å². The first-order valence-electron chi connectivity index (χ1n) is 8.13. The van der Waals surface area contributed by atoms with Gasteiger partial charge in [-0.1, -0.05) is 32.9 Å². The molecule has 24 heavy (non-hydrogen) atoms. The number of aliphatic imine (C=N–C) groups is 1. The van der Waals surface area contributed by atoms with Gasteiger partial charge >= 0.3 is 0 Å². The fourth-order valence-electron chi connectivity index (χ4n) is 2.01. The molecule has 0 aliphatic carbocycles. The van der Waals surface area contributed by atoms with Crippen molar-refractivity contribution in [2.24, 2.45) is 4.99 Å². The van der Waals surface area contributed by atoms with Crippen molar-refractivity contribution in [1.29, 1.82) is 0 Å². The highest BCUT2D eigenvalue weighted by Crippen LogP contribution is 2.22. The van der Waals surface area contributed by atoms with Gasteiger partial charge in [0.1, 0.15) is 11.5 Å². The van der Waals surface area contributed by atoms with Crippen LogP contribution in [0.4, 0.5) is 0 Å². The van der Waals surface area contributed by atoms with E-state index in [0.29, 0.717) is 24.9 Å². The van der Waals surface area contributed by atoms with Gasteiger partial charge in [0.15, 0.2) is 5.96 Å². The number of nitrogens with zero attached hydrogens (tertiary/aromatic N) is 2. The number of phenols is 1. The number of oxazole rings is 1. The quantitative estimate of drug-likeness (QED) is 0.580. The number of aromatic hydroxyl groups is 1. The molecule has 1 heterocycles. The highest BCUT2D eigenvalue weighted by atomic mass is 16.4. The third-order valence-electron chi connectivity index (χ3n) is 3.40. The van der Waals surface area contributed by atoms with E-state index in [1.54, 1.807) is 18.3 Å². The van der Waals surface area contributed by atoms with Gasteiger partial charge in [-0.15, -0.1) is 0 Å². The fourth-order valence-corrected chi connectivity index (χ4v) is 2.01. The number of hydrogen-bond donors (Lipinski definition) is 3. The second-order valence-corrected chi connectivity index (χ2v) is 6.58. The van der Waals surface area contributed by atoms with Crippen LogP contribution in [-0.4, -0.2) is 22.6 Å². The Morgan fingerprint density at radius 1 is 1.21 bits per heavy atom. The van der Waals surface area contributed by atoms with Gasteiger partial charge in [-0.05, 0) is 24.6 Å². The highest BCUT2D eigenvalue weighted by molar-refractivity contribution is 5.79. The summed E-state index contributed by atoms with van der Waals surface area (Å²) in [6, 6.07) is 7.02. The minimum Gasteiger partial charge on any atom is -0.508 e. The minimum absolute atomic E-state index is 0.0529. The zero-order valence-electron chi connectivity index (χ0n) is 14.8. The molecule has 0 bridgehead atoms. The maximum absolute atomic E-state index is 9.31. The van der Waals surface area contributed by atoms with E-state index < -0.39 is 0 Å². The van der Waals surface area contributed by atoms with Gasteiger partial charge in [-0.3, -0.25) is 0 Å². The van der Waals surface area contributed by atoms with E-state index in [1.807, 2.05) is 19.1 Å². The number of rotatable bonds is 5. The zero-order chi connectivity index (χ0) is 17.6. The second-order valence-electron chi connectivity index (χ2n) is 6.58. The molecule has 0 saturated carbocycles. The van der Waals surface area contributed by atoms with Crippen molar-refractivity contribution in [2.75, 3.05) is 6.54 Å². The van der Waals surface area contributed by atoms with Gasteiger partial charge in [-0.2, -0.15) is 0 Å². The van der Waals surface area contributed by atoms with Crippen LogP contribution in [-0.2, 0) is 18.5 Å². The van der Waals surface area contributed by atoms with Crippen LogP contribution in [0.2, 0.25) is 0 Å². The molecule has 0 saturated heterocycles. The first-order chi connectivity index (χ1) is 11.4. The molecule has 130 valence electrons. The van der Waals surface area contributed by atoms with Gasteiger partial charge in [0.05, 0.1) is 19.3 Å². The Balaban J connectivity index is 1.96. The van der Waals surface area contributed by atoms with Gasteiger partial charge in [0, 0.05) is 12.0 Å². The molecule has 0 atom stereocenters. The maximum atomic E-state index is 9.31. The van der Waals surface area contributed by atoms with E-state index in [2.05, 4.69) is 41.4 Å². The first-order valence-corrected chi connectivity index (χ1v) is 8.13. The Kier molecular flexibility index (Phi) is 5.84. The monoisotopic (exact) mass is 330 g/mol. The first kappa shape index (κ1) is 17.8. The number of benzene rings is 1. The molecule has 2 rings (SSSR count). The standard InChI is InChI=1S/C18H26N4O2/c1-5-19-17(21-10-13-6-8-14(23)9-7-13)22-12-16-20-11-15(24-16)18(2,3)4/h6-9,11,23H,5,10,12H2,1-4H3,(H2,19,21,22). The van der Waals surface area contributed by atoms with Gasteiger partial charge in [-0.25, -0.2) is 9.98 Å². The number of phenolic OH excluding ortho intramolecular Hbond substituents is 1. The second kappa shape index (κ2) is 7.86. The Hall–Kier alpha value is -2.50. The number of guanidine groups is 1. The molecular weight excluding hydrogens is 304 g/mol. The van der Waals surface area contributed by atoms with Gasteiger partial charge < -0.3 is 20.2 Å². The van der Waals surface area contributed by atoms with Gasteiger partial charge in [0.25, 0.3) is 0 Å². The lowest BCUT2D eigenvalue weighted by atomic mass is 9.94. The summed E-state index contributed by atoms with van der Waals surface area (Å²) >= 11 is 0. The van der Waals surface area contributed by atoms with Crippen LogP contribution in [0.1, 0.15) is 44.9 Å². The molecule has 2 aromatic rings. The normalized spacial score (nSPS) is 12.2. The summed E-state index contributed by atoms with van der Waals surface area (Å²) < 4.78 is 5.77. The molecule has 0 spiro atoms. The average Bonchev–Trinajstić information content (AvgIpc) is 3.01. The molecule has 0 radical (unpaired) electrons. The summed E-state index contributed by atoms with van der Waals surface area (Å²) in [6.45, 7) is 10.0. The third kappa shape index (κ3) is 5.30. The Morgan fingerprint density at radius 3 is 2.50 bits per heavy atom. The summed E-state index contributed by atoms with van der Waals surface area (Å²) in [5.41, 5.74) is 0.971. The number of nitrogens with one attached hydrogen (secondary N) is 2. The number of hydrogen-bond acceptors (Lipinski definition) is 4. The predicted molar refractivity (Wildman–Crippen MR) is 95.0 cm³/mol. The van der Waals surface area contributed by atoms with Crippen molar-refractivity contribution in [1.82, 2.24) is 15.6 Å². The van der Waals surface area contributed by atoms with Crippen molar-refractivity contribution < 1.29 is 9.52 Å². The summed E-state index contributed by atoms with van der Waals surface area (Å²) in [5, 5.41) is 15.7. The lowest BCUT2D eigenvalue weighted by Crippen LogP contribution is -2.36. The van der Waals surface area contributed by atoms with Crippen molar-refractivity contribution in [3.8, 4) is 5.75 Å². The molecule has 0 aliphatic rings. The topological polar surface area (TPSA) is 82.7 Å². The largest absolute Gasteiger partial charge is 0.508 e. The summed E-state index contributed by atoms with van der Waals surface area (Å²) in [6.07, 6.45) is 1.78. The summed E-state index contributed by atoms with van der Waals surface area (Å²) in [7, 11) is 0. The van der Waals surface area contributed by atoms with Crippen molar-refractivity contribution >= 4 is 5.96 Å². The zero-order valence-corrected chi connectivity index (χ0v) is 14.8. The SMILES string of the molecule is CCNC(=NCc1ccc(O)cc1)NCc1ncc(C(C)(C)C)o1. The molecular formula is C18H26N4O2.